The van der Waals surface area contributed by atoms with E-state index in [-0.39, 0.29) is 6.10 Å². The number of nitrogens with zero attached hydrogens (tertiary/aromatic N) is 2. The summed E-state index contributed by atoms with van der Waals surface area (Å²) in [7, 11) is 1.90. The maximum absolute atomic E-state index is 9.77. The summed E-state index contributed by atoms with van der Waals surface area (Å²) in [5.41, 5.74) is 0. The summed E-state index contributed by atoms with van der Waals surface area (Å²) < 4.78 is 10.9. The highest BCUT2D eigenvalue weighted by atomic mass is 16.5. The van der Waals surface area contributed by atoms with Gasteiger partial charge in [-0.05, 0) is 19.9 Å². The minimum Gasteiger partial charge on any atom is -0.389 e. The first-order valence-corrected chi connectivity index (χ1v) is 6.15. The fraction of sp³-hybridized carbons (Fsp3) is 0.917. The predicted molar refractivity (Wildman–Crippen MR) is 63.5 cm³/mol. The van der Waals surface area contributed by atoms with Gasteiger partial charge in [-0.15, -0.1) is 0 Å². The summed E-state index contributed by atoms with van der Waals surface area (Å²) in [6, 6.07) is 2.09. The molecule has 1 saturated heterocycles. The second kappa shape index (κ2) is 8.43. The lowest BCUT2D eigenvalue weighted by Gasteiger charge is -2.25. The molecule has 0 aliphatic carbocycles. The third-order valence-corrected chi connectivity index (χ3v) is 2.82. The van der Waals surface area contributed by atoms with Crippen LogP contribution in [0.3, 0.4) is 0 Å². The van der Waals surface area contributed by atoms with Crippen molar-refractivity contribution in [1.82, 2.24) is 4.90 Å². The lowest BCUT2D eigenvalue weighted by Crippen LogP contribution is -2.35. The number of aliphatic hydroxyl groups excluding tert-OH is 1. The fourth-order valence-corrected chi connectivity index (χ4v) is 1.83. The maximum Gasteiger partial charge on any atom is 0.0900 e. The van der Waals surface area contributed by atoms with E-state index in [2.05, 4.69) is 6.07 Å². The number of aliphatic hydroxyl groups is 1. The second-order valence-corrected chi connectivity index (χ2v) is 4.47. The Morgan fingerprint density at radius 1 is 1.53 bits per heavy atom. The van der Waals surface area contributed by atoms with Gasteiger partial charge in [0.15, 0.2) is 0 Å². The van der Waals surface area contributed by atoms with Crippen molar-refractivity contribution in [3.63, 3.8) is 0 Å². The Kier molecular flexibility index (Phi) is 7.13. The van der Waals surface area contributed by atoms with Crippen molar-refractivity contribution < 1.29 is 14.6 Å². The van der Waals surface area contributed by atoms with Crippen LogP contribution in [0.15, 0.2) is 0 Å². The van der Waals surface area contributed by atoms with E-state index < -0.39 is 6.10 Å². The number of nitriles is 1. The van der Waals surface area contributed by atoms with Crippen molar-refractivity contribution >= 4 is 0 Å². The molecule has 1 N–H and O–H groups in total. The molecule has 0 aromatic carbocycles. The molecule has 0 spiro atoms. The molecule has 0 aromatic rings. The molecule has 17 heavy (non-hydrogen) atoms. The van der Waals surface area contributed by atoms with E-state index in [1.807, 2.05) is 11.9 Å². The van der Waals surface area contributed by atoms with Crippen molar-refractivity contribution in [2.24, 2.45) is 0 Å². The molecule has 0 saturated carbocycles. The van der Waals surface area contributed by atoms with Gasteiger partial charge in [0.05, 0.1) is 24.9 Å². The number of hydrogen-bond donors (Lipinski definition) is 1. The molecule has 1 rings (SSSR count). The van der Waals surface area contributed by atoms with Crippen LogP contribution in [0.1, 0.15) is 19.3 Å². The van der Waals surface area contributed by atoms with Crippen LogP contribution >= 0.6 is 0 Å². The summed E-state index contributed by atoms with van der Waals surface area (Å²) in [4.78, 5) is 1.95. The Morgan fingerprint density at radius 3 is 2.88 bits per heavy atom. The third-order valence-electron chi connectivity index (χ3n) is 2.82. The Bertz CT molecular complexity index is 236. The van der Waals surface area contributed by atoms with Crippen LogP contribution in [0.5, 0.6) is 0 Å². The summed E-state index contributed by atoms with van der Waals surface area (Å²) >= 11 is 0. The summed E-state index contributed by atoms with van der Waals surface area (Å²) in [5, 5.41) is 18.2. The second-order valence-electron chi connectivity index (χ2n) is 4.47. The molecule has 0 radical (unpaired) electrons. The van der Waals surface area contributed by atoms with Gasteiger partial charge in [-0.25, -0.2) is 0 Å². The zero-order chi connectivity index (χ0) is 12.5. The van der Waals surface area contributed by atoms with E-state index in [0.29, 0.717) is 26.1 Å². The standard InChI is InChI=1S/C12H22N2O3/c1-14(6-2-5-13)9-11(15)10-17-12-3-7-16-8-4-12/h11-12,15H,2-4,6-10H2,1H3. The van der Waals surface area contributed by atoms with Gasteiger partial charge in [-0.1, -0.05) is 0 Å². The number of ether oxygens (including phenoxy) is 2. The topological polar surface area (TPSA) is 65.7 Å². The lowest BCUT2D eigenvalue weighted by atomic mass is 10.1. The first kappa shape index (κ1) is 14.4. The zero-order valence-corrected chi connectivity index (χ0v) is 10.5. The molecule has 0 bridgehead atoms. The Labute approximate surface area is 103 Å². The molecule has 1 fully saturated rings. The molecule has 1 heterocycles. The molecule has 1 aliphatic rings. The van der Waals surface area contributed by atoms with Gasteiger partial charge in [0.2, 0.25) is 0 Å². The molecule has 1 unspecified atom stereocenters. The lowest BCUT2D eigenvalue weighted by molar-refractivity contribution is -0.0630. The van der Waals surface area contributed by atoms with E-state index in [1.165, 1.54) is 0 Å². The van der Waals surface area contributed by atoms with Crippen LogP contribution < -0.4 is 0 Å². The highest BCUT2D eigenvalue weighted by molar-refractivity contribution is 4.72. The van der Waals surface area contributed by atoms with Gasteiger partial charge in [-0.3, -0.25) is 0 Å². The summed E-state index contributed by atoms with van der Waals surface area (Å²) in [6.07, 6.45) is 2.06. The van der Waals surface area contributed by atoms with Crippen LogP contribution in [0, 0.1) is 11.3 Å². The van der Waals surface area contributed by atoms with Gasteiger partial charge in [0.1, 0.15) is 0 Å². The molecule has 0 amide bonds. The molecule has 1 aliphatic heterocycles. The maximum atomic E-state index is 9.77. The summed E-state index contributed by atoms with van der Waals surface area (Å²) in [6.45, 7) is 3.10. The normalized spacial score (nSPS) is 19.2. The SMILES string of the molecule is CN(CCC#N)CC(O)COC1CCOCC1. The van der Waals surface area contributed by atoms with E-state index in [9.17, 15) is 5.11 Å². The fourth-order valence-electron chi connectivity index (χ4n) is 1.83. The van der Waals surface area contributed by atoms with Gasteiger partial charge >= 0.3 is 0 Å². The van der Waals surface area contributed by atoms with E-state index in [0.717, 1.165) is 26.1 Å². The quantitative estimate of drug-likeness (QED) is 0.699. The van der Waals surface area contributed by atoms with E-state index in [4.69, 9.17) is 14.7 Å². The molecular formula is C12H22N2O3. The van der Waals surface area contributed by atoms with Gasteiger partial charge in [0, 0.05) is 32.7 Å². The Balaban J connectivity index is 2.07. The number of rotatable bonds is 7. The van der Waals surface area contributed by atoms with Crippen LogP contribution in [0.4, 0.5) is 0 Å². The van der Waals surface area contributed by atoms with Crippen molar-refractivity contribution in [2.75, 3.05) is 40.0 Å². The summed E-state index contributed by atoms with van der Waals surface area (Å²) in [5.74, 6) is 0. The number of likely N-dealkylation sites (N-methyl/N-ethyl adjacent to an activating group) is 1. The van der Waals surface area contributed by atoms with E-state index >= 15 is 0 Å². The molecule has 5 nitrogen and oxygen atoms in total. The number of hydrogen-bond acceptors (Lipinski definition) is 5. The van der Waals surface area contributed by atoms with Gasteiger partial charge < -0.3 is 19.5 Å². The van der Waals surface area contributed by atoms with Crippen LogP contribution in [0.2, 0.25) is 0 Å². The average molecular weight is 242 g/mol. The monoisotopic (exact) mass is 242 g/mol. The highest BCUT2D eigenvalue weighted by Crippen LogP contribution is 2.10. The first-order valence-electron chi connectivity index (χ1n) is 6.15. The largest absolute Gasteiger partial charge is 0.389 e. The molecule has 5 heteroatoms. The first-order chi connectivity index (χ1) is 8.22. The Hall–Kier alpha value is -0.670. The molecular weight excluding hydrogens is 220 g/mol. The smallest absolute Gasteiger partial charge is 0.0900 e. The molecule has 98 valence electrons. The highest BCUT2D eigenvalue weighted by Gasteiger charge is 2.16. The minimum absolute atomic E-state index is 0.225. The van der Waals surface area contributed by atoms with Crippen LogP contribution in [-0.4, -0.2) is 62.2 Å². The van der Waals surface area contributed by atoms with Gasteiger partial charge in [0.25, 0.3) is 0 Å². The van der Waals surface area contributed by atoms with Crippen molar-refractivity contribution in [1.29, 1.82) is 5.26 Å². The third kappa shape index (κ3) is 6.59. The molecule has 0 aromatic heterocycles. The van der Waals surface area contributed by atoms with Crippen LogP contribution in [0.25, 0.3) is 0 Å². The van der Waals surface area contributed by atoms with E-state index in [1.54, 1.807) is 0 Å². The Morgan fingerprint density at radius 2 is 2.24 bits per heavy atom. The zero-order valence-electron chi connectivity index (χ0n) is 10.5. The predicted octanol–water partition coefficient (Wildman–Crippen LogP) is 0.388. The van der Waals surface area contributed by atoms with Crippen LogP contribution in [-0.2, 0) is 9.47 Å². The molecule has 1 atom stereocenters. The average Bonchev–Trinajstić information content (AvgIpc) is 2.35. The van der Waals surface area contributed by atoms with Crippen molar-refractivity contribution in [3.8, 4) is 6.07 Å². The minimum atomic E-state index is -0.485. The van der Waals surface area contributed by atoms with Gasteiger partial charge in [-0.2, -0.15) is 5.26 Å². The van der Waals surface area contributed by atoms with Crippen molar-refractivity contribution in [2.45, 2.75) is 31.5 Å². The van der Waals surface area contributed by atoms with Crippen molar-refractivity contribution in [3.05, 3.63) is 0 Å².